The Bertz CT molecular complexity index is 1010. The van der Waals surface area contributed by atoms with E-state index < -0.39 is 11.7 Å². The molecule has 0 aliphatic heterocycles. The quantitative estimate of drug-likeness (QED) is 0.456. The SMILES string of the molecule is CCCc1ccc(C#Cc2ccc(C(F)=C(C)F)c3ccccc23)cc1. The van der Waals surface area contributed by atoms with E-state index in [0.717, 1.165) is 36.3 Å². The van der Waals surface area contributed by atoms with Gasteiger partial charge in [-0.25, -0.2) is 8.78 Å². The molecule has 0 amide bonds. The van der Waals surface area contributed by atoms with Crippen molar-refractivity contribution in [3.63, 3.8) is 0 Å². The molecule has 0 aromatic heterocycles. The van der Waals surface area contributed by atoms with E-state index in [1.54, 1.807) is 18.2 Å². The smallest absolute Gasteiger partial charge is 0.162 e. The standard InChI is InChI=1S/C24H20F2/c1-3-6-18-9-11-19(12-10-18)13-14-20-15-16-23(24(26)17(2)25)22-8-5-4-7-21(20)22/h4-5,7-12,15-16H,3,6H2,1-2H3. The van der Waals surface area contributed by atoms with Crippen molar-refractivity contribution < 1.29 is 8.78 Å². The van der Waals surface area contributed by atoms with Gasteiger partial charge in [-0.3, -0.25) is 0 Å². The van der Waals surface area contributed by atoms with Crippen molar-refractivity contribution in [2.45, 2.75) is 26.7 Å². The van der Waals surface area contributed by atoms with Crippen LogP contribution in [-0.4, -0.2) is 0 Å². The molecule has 130 valence electrons. The highest BCUT2D eigenvalue weighted by molar-refractivity contribution is 5.96. The van der Waals surface area contributed by atoms with Gasteiger partial charge in [0, 0.05) is 16.7 Å². The van der Waals surface area contributed by atoms with Gasteiger partial charge in [-0.1, -0.05) is 67.6 Å². The third-order valence-corrected chi connectivity index (χ3v) is 4.30. The van der Waals surface area contributed by atoms with E-state index >= 15 is 0 Å². The lowest BCUT2D eigenvalue weighted by atomic mass is 9.98. The fourth-order valence-corrected chi connectivity index (χ4v) is 2.97. The fourth-order valence-electron chi connectivity index (χ4n) is 2.97. The lowest BCUT2D eigenvalue weighted by Crippen LogP contribution is -1.88. The fraction of sp³-hybridized carbons (Fsp3) is 0.167. The minimum atomic E-state index is -0.827. The van der Waals surface area contributed by atoms with E-state index in [2.05, 4.69) is 30.9 Å². The van der Waals surface area contributed by atoms with E-state index in [4.69, 9.17) is 0 Å². The highest BCUT2D eigenvalue weighted by atomic mass is 19.2. The molecule has 3 rings (SSSR count). The molecule has 3 aromatic carbocycles. The Balaban J connectivity index is 2.03. The third kappa shape index (κ3) is 3.83. The van der Waals surface area contributed by atoms with Crippen LogP contribution >= 0.6 is 0 Å². The summed E-state index contributed by atoms with van der Waals surface area (Å²) >= 11 is 0. The maximum atomic E-state index is 14.1. The van der Waals surface area contributed by atoms with Crippen molar-refractivity contribution in [2.75, 3.05) is 0 Å². The normalized spacial score (nSPS) is 11.7. The monoisotopic (exact) mass is 346 g/mol. The van der Waals surface area contributed by atoms with E-state index in [1.165, 1.54) is 5.56 Å². The van der Waals surface area contributed by atoms with Crippen molar-refractivity contribution in [3.05, 3.63) is 88.7 Å². The molecule has 0 radical (unpaired) electrons. The molecule has 0 atom stereocenters. The topological polar surface area (TPSA) is 0 Å². The van der Waals surface area contributed by atoms with Crippen molar-refractivity contribution in [1.82, 2.24) is 0 Å². The Morgan fingerprint density at radius 1 is 0.846 bits per heavy atom. The number of hydrogen-bond donors (Lipinski definition) is 0. The molecule has 0 heterocycles. The summed E-state index contributed by atoms with van der Waals surface area (Å²) in [7, 11) is 0. The Morgan fingerprint density at radius 3 is 2.19 bits per heavy atom. The Labute approximate surface area is 153 Å². The Kier molecular flexibility index (Phi) is 5.49. The van der Waals surface area contributed by atoms with Crippen LogP contribution < -0.4 is 0 Å². The van der Waals surface area contributed by atoms with Crippen LogP contribution in [0.25, 0.3) is 16.6 Å². The average molecular weight is 346 g/mol. The molecule has 0 fully saturated rings. The van der Waals surface area contributed by atoms with Crippen molar-refractivity contribution in [2.24, 2.45) is 0 Å². The summed E-state index contributed by atoms with van der Waals surface area (Å²) in [6.07, 6.45) is 2.18. The van der Waals surface area contributed by atoms with Crippen LogP contribution in [0.5, 0.6) is 0 Å². The third-order valence-electron chi connectivity index (χ3n) is 4.30. The van der Waals surface area contributed by atoms with E-state index in [-0.39, 0.29) is 5.56 Å². The summed E-state index contributed by atoms with van der Waals surface area (Å²) in [5, 5.41) is 1.48. The van der Waals surface area contributed by atoms with Crippen LogP contribution in [-0.2, 0) is 6.42 Å². The van der Waals surface area contributed by atoms with Gasteiger partial charge in [0.1, 0.15) is 5.83 Å². The molecule has 0 unspecified atom stereocenters. The van der Waals surface area contributed by atoms with Gasteiger partial charge < -0.3 is 0 Å². The van der Waals surface area contributed by atoms with Gasteiger partial charge in [0.15, 0.2) is 5.83 Å². The largest absolute Gasteiger partial charge is 0.209 e. The van der Waals surface area contributed by atoms with E-state index in [9.17, 15) is 8.78 Å². The number of benzene rings is 3. The first-order valence-electron chi connectivity index (χ1n) is 8.75. The second-order valence-corrected chi connectivity index (χ2v) is 6.25. The molecular formula is C24H20F2. The van der Waals surface area contributed by atoms with Crippen LogP contribution in [0.1, 0.15) is 42.5 Å². The van der Waals surface area contributed by atoms with Crippen LogP contribution in [0.2, 0.25) is 0 Å². The van der Waals surface area contributed by atoms with Crippen LogP contribution in [0, 0.1) is 11.8 Å². The number of fused-ring (bicyclic) bond motifs is 1. The molecule has 0 saturated heterocycles. The molecule has 0 nitrogen and oxygen atoms in total. The molecule has 0 aliphatic rings. The molecule has 3 aromatic rings. The van der Waals surface area contributed by atoms with Crippen LogP contribution in [0.4, 0.5) is 8.78 Å². The number of halogens is 2. The average Bonchev–Trinajstić information content (AvgIpc) is 2.67. The highest BCUT2D eigenvalue weighted by Crippen LogP contribution is 2.30. The molecule has 2 heteroatoms. The summed E-state index contributed by atoms with van der Waals surface area (Å²) in [4.78, 5) is 0. The summed E-state index contributed by atoms with van der Waals surface area (Å²) in [5.41, 5.74) is 3.29. The van der Waals surface area contributed by atoms with E-state index in [0.29, 0.717) is 5.39 Å². The number of aryl methyl sites for hydroxylation is 1. The van der Waals surface area contributed by atoms with Crippen LogP contribution in [0.3, 0.4) is 0 Å². The van der Waals surface area contributed by atoms with Crippen LogP contribution in [0.15, 0.2) is 66.5 Å². The van der Waals surface area contributed by atoms with Crippen molar-refractivity contribution in [3.8, 4) is 11.8 Å². The molecule has 0 bridgehead atoms. The van der Waals surface area contributed by atoms with Gasteiger partial charge in [-0.05, 0) is 47.9 Å². The van der Waals surface area contributed by atoms with Gasteiger partial charge in [0.05, 0.1) is 0 Å². The first-order chi connectivity index (χ1) is 12.6. The maximum absolute atomic E-state index is 14.1. The molecule has 0 saturated carbocycles. The maximum Gasteiger partial charge on any atom is 0.162 e. The number of rotatable bonds is 3. The number of allylic oxidation sites excluding steroid dienone is 1. The lowest BCUT2D eigenvalue weighted by molar-refractivity contribution is 0.606. The van der Waals surface area contributed by atoms with Crippen molar-refractivity contribution >= 4 is 16.6 Å². The highest BCUT2D eigenvalue weighted by Gasteiger charge is 2.11. The first kappa shape index (κ1) is 17.9. The summed E-state index contributed by atoms with van der Waals surface area (Å²) in [6.45, 7) is 3.28. The number of hydrogen-bond acceptors (Lipinski definition) is 0. The van der Waals surface area contributed by atoms with Gasteiger partial charge in [-0.15, -0.1) is 0 Å². The Hall–Kier alpha value is -2.92. The summed E-state index contributed by atoms with van der Waals surface area (Å²) in [5.74, 6) is 4.69. The zero-order chi connectivity index (χ0) is 18.5. The molecular weight excluding hydrogens is 326 g/mol. The molecule has 0 N–H and O–H groups in total. The van der Waals surface area contributed by atoms with Gasteiger partial charge in [0.2, 0.25) is 0 Å². The summed E-state index contributed by atoms with van der Waals surface area (Å²) < 4.78 is 27.5. The molecule has 0 aliphatic carbocycles. The lowest BCUT2D eigenvalue weighted by Gasteiger charge is -2.07. The Morgan fingerprint density at radius 2 is 1.54 bits per heavy atom. The molecule has 0 spiro atoms. The second kappa shape index (κ2) is 7.97. The first-order valence-corrected chi connectivity index (χ1v) is 8.75. The minimum Gasteiger partial charge on any atom is -0.209 e. The molecule has 26 heavy (non-hydrogen) atoms. The van der Waals surface area contributed by atoms with Gasteiger partial charge >= 0.3 is 0 Å². The predicted octanol–water partition coefficient (Wildman–Crippen LogP) is 6.82. The minimum absolute atomic E-state index is 0.259. The van der Waals surface area contributed by atoms with Crippen molar-refractivity contribution in [1.29, 1.82) is 0 Å². The second-order valence-electron chi connectivity index (χ2n) is 6.25. The zero-order valence-corrected chi connectivity index (χ0v) is 14.9. The van der Waals surface area contributed by atoms with E-state index in [1.807, 2.05) is 30.3 Å². The van der Waals surface area contributed by atoms with Gasteiger partial charge in [0.25, 0.3) is 0 Å². The zero-order valence-electron chi connectivity index (χ0n) is 14.9. The van der Waals surface area contributed by atoms with Gasteiger partial charge in [-0.2, -0.15) is 0 Å². The summed E-state index contributed by atoms with van der Waals surface area (Å²) in [6, 6.07) is 18.9. The predicted molar refractivity (Wildman–Crippen MR) is 105 cm³/mol.